The lowest BCUT2D eigenvalue weighted by molar-refractivity contribution is -0.376. The third-order valence-corrected chi connectivity index (χ3v) is 5.60. The van der Waals surface area contributed by atoms with Gasteiger partial charge >= 0.3 is 12.4 Å². The number of fused-ring (bicyclic) bond motifs is 1. The summed E-state index contributed by atoms with van der Waals surface area (Å²) in [7, 11) is 0. The van der Waals surface area contributed by atoms with E-state index >= 15 is 0 Å². The summed E-state index contributed by atoms with van der Waals surface area (Å²) < 4.78 is 79.2. The molecule has 0 spiro atoms. The molecule has 0 heterocycles. The van der Waals surface area contributed by atoms with Crippen molar-refractivity contribution in [1.29, 1.82) is 0 Å². The first-order valence-electron chi connectivity index (χ1n) is 8.81. The van der Waals surface area contributed by atoms with Crippen molar-refractivity contribution in [2.45, 2.75) is 71.8 Å². The van der Waals surface area contributed by atoms with E-state index < -0.39 is 23.5 Å². The lowest BCUT2D eigenvalue weighted by atomic mass is 9.65. The van der Waals surface area contributed by atoms with Gasteiger partial charge in [0.1, 0.15) is 0 Å². The summed E-state index contributed by atoms with van der Waals surface area (Å²) in [5.41, 5.74) is -5.25. The standard InChI is InChI=1S/C20H26F6O/c1-16(2,3)14-10-11-9-12(7-8-13(11)15(14)17(4,5)6)18(27,19(21,22)23)20(24,25)26/h7-9,14-15,27H,10H2,1-6H3. The van der Waals surface area contributed by atoms with Crippen molar-refractivity contribution in [3.05, 3.63) is 34.9 Å². The van der Waals surface area contributed by atoms with Crippen LogP contribution in [0.15, 0.2) is 18.2 Å². The van der Waals surface area contributed by atoms with Gasteiger partial charge in [-0.05, 0) is 40.2 Å². The molecule has 1 aromatic rings. The fraction of sp³-hybridized carbons (Fsp3) is 0.700. The first-order valence-corrected chi connectivity index (χ1v) is 8.81. The summed E-state index contributed by atoms with van der Waals surface area (Å²) in [5.74, 6) is 0.0547. The lowest BCUT2D eigenvalue weighted by Crippen LogP contribution is -2.53. The van der Waals surface area contributed by atoms with E-state index in [9.17, 15) is 31.4 Å². The van der Waals surface area contributed by atoms with E-state index in [4.69, 9.17) is 0 Å². The highest BCUT2D eigenvalue weighted by Crippen LogP contribution is 2.56. The molecule has 7 heteroatoms. The molecule has 1 nitrogen and oxygen atoms in total. The summed E-state index contributed by atoms with van der Waals surface area (Å²) in [6.07, 6.45) is -11.4. The predicted molar refractivity (Wildman–Crippen MR) is 91.3 cm³/mol. The highest BCUT2D eigenvalue weighted by Gasteiger charge is 2.71. The average Bonchev–Trinajstić information content (AvgIpc) is 2.82. The van der Waals surface area contributed by atoms with Gasteiger partial charge < -0.3 is 5.11 Å². The molecule has 27 heavy (non-hydrogen) atoms. The van der Waals surface area contributed by atoms with E-state index in [1.807, 2.05) is 41.5 Å². The largest absolute Gasteiger partial charge is 0.430 e. The Morgan fingerprint density at radius 1 is 0.815 bits per heavy atom. The van der Waals surface area contributed by atoms with Gasteiger partial charge in [-0.1, -0.05) is 59.7 Å². The van der Waals surface area contributed by atoms with Gasteiger partial charge in [-0.3, -0.25) is 0 Å². The Kier molecular flexibility index (Phi) is 5.01. The number of halogens is 6. The number of benzene rings is 1. The second-order valence-corrected chi connectivity index (χ2v) is 9.64. The summed E-state index contributed by atoms with van der Waals surface area (Å²) in [6, 6.07) is 2.99. The zero-order valence-electron chi connectivity index (χ0n) is 16.3. The van der Waals surface area contributed by atoms with Crippen molar-refractivity contribution in [3.63, 3.8) is 0 Å². The summed E-state index contributed by atoms with van der Waals surface area (Å²) in [5, 5.41) is 9.69. The Morgan fingerprint density at radius 2 is 1.30 bits per heavy atom. The molecule has 2 rings (SSSR count). The maximum atomic E-state index is 13.2. The zero-order valence-corrected chi connectivity index (χ0v) is 16.3. The van der Waals surface area contributed by atoms with Crippen molar-refractivity contribution < 1.29 is 31.4 Å². The molecule has 0 bridgehead atoms. The minimum absolute atomic E-state index is 0.00795. The van der Waals surface area contributed by atoms with Gasteiger partial charge in [-0.15, -0.1) is 0 Å². The maximum Gasteiger partial charge on any atom is 0.430 e. The molecule has 1 N–H and O–H groups in total. The van der Waals surface area contributed by atoms with Crippen molar-refractivity contribution >= 4 is 0 Å². The molecule has 154 valence electrons. The summed E-state index contributed by atoms with van der Waals surface area (Å²) in [6.45, 7) is 12.1. The highest BCUT2D eigenvalue weighted by atomic mass is 19.4. The average molecular weight is 396 g/mol. The van der Waals surface area contributed by atoms with Crippen LogP contribution < -0.4 is 0 Å². The van der Waals surface area contributed by atoms with E-state index in [2.05, 4.69) is 0 Å². The van der Waals surface area contributed by atoms with Crippen LogP contribution in [0.2, 0.25) is 0 Å². The number of rotatable bonds is 1. The van der Waals surface area contributed by atoms with Crippen LogP contribution in [0, 0.1) is 16.7 Å². The molecule has 2 unspecified atom stereocenters. The first kappa shape index (κ1) is 22.1. The molecular weight excluding hydrogens is 370 g/mol. The third-order valence-electron chi connectivity index (χ3n) is 5.60. The summed E-state index contributed by atoms with van der Waals surface area (Å²) in [4.78, 5) is 0. The van der Waals surface area contributed by atoms with Gasteiger partial charge in [0.25, 0.3) is 5.60 Å². The third kappa shape index (κ3) is 3.59. The molecule has 0 aliphatic heterocycles. The molecule has 0 aromatic heterocycles. The van der Waals surface area contributed by atoms with E-state index in [0.717, 1.165) is 17.7 Å². The van der Waals surface area contributed by atoms with Crippen LogP contribution in [0.4, 0.5) is 26.3 Å². The van der Waals surface area contributed by atoms with E-state index in [-0.39, 0.29) is 22.7 Å². The Balaban J connectivity index is 2.65. The Hall–Kier alpha value is -1.24. The summed E-state index contributed by atoms with van der Waals surface area (Å²) >= 11 is 0. The monoisotopic (exact) mass is 396 g/mol. The number of aliphatic hydroxyl groups is 1. The zero-order chi connectivity index (χ0) is 21.2. The van der Waals surface area contributed by atoms with Gasteiger partial charge in [-0.2, -0.15) is 26.3 Å². The fourth-order valence-corrected chi connectivity index (χ4v) is 4.25. The van der Waals surface area contributed by atoms with Crippen molar-refractivity contribution in [3.8, 4) is 0 Å². The molecule has 0 saturated carbocycles. The van der Waals surface area contributed by atoms with E-state index in [0.29, 0.717) is 12.0 Å². The van der Waals surface area contributed by atoms with E-state index in [1.165, 1.54) is 6.07 Å². The molecule has 0 fully saturated rings. The van der Waals surface area contributed by atoms with Gasteiger partial charge in [0.2, 0.25) is 0 Å². The number of hydrogen-bond donors (Lipinski definition) is 1. The van der Waals surface area contributed by atoms with Crippen LogP contribution in [0.5, 0.6) is 0 Å². The molecule has 1 aliphatic rings. The molecule has 0 radical (unpaired) electrons. The molecule has 0 saturated heterocycles. The van der Waals surface area contributed by atoms with Crippen LogP contribution in [0.1, 0.15) is 64.2 Å². The van der Waals surface area contributed by atoms with Gasteiger partial charge in [0.15, 0.2) is 0 Å². The Labute approximate surface area is 155 Å². The van der Waals surface area contributed by atoms with Crippen molar-refractivity contribution in [1.82, 2.24) is 0 Å². The van der Waals surface area contributed by atoms with Crippen molar-refractivity contribution in [2.75, 3.05) is 0 Å². The number of alkyl halides is 6. The quantitative estimate of drug-likeness (QED) is 0.549. The second-order valence-electron chi connectivity index (χ2n) is 9.64. The molecular formula is C20H26F6O. The highest BCUT2D eigenvalue weighted by molar-refractivity contribution is 5.43. The maximum absolute atomic E-state index is 13.2. The minimum atomic E-state index is -5.87. The van der Waals surface area contributed by atoms with Gasteiger partial charge in [0, 0.05) is 5.56 Å². The van der Waals surface area contributed by atoms with Gasteiger partial charge in [-0.25, -0.2) is 0 Å². The normalized spacial score (nSPS) is 22.1. The molecule has 0 amide bonds. The topological polar surface area (TPSA) is 20.2 Å². The van der Waals surface area contributed by atoms with Crippen LogP contribution in [0.3, 0.4) is 0 Å². The fourth-order valence-electron chi connectivity index (χ4n) is 4.25. The van der Waals surface area contributed by atoms with Crippen LogP contribution >= 0.6 is 0 Å². The molecule has 1 aromatic carbocycles. The smallest absolute Gasteiger partial charge is 0.369 e. The minimum Gasteiger partial charge on any atom is -0.369 e. The SMILES string of the molecule is CC(C)(C)C1Cc2cc(C(O)(C(F)(F)F)C(F)(F)F)ccc2C1C(C)(C)C. The van der Waals surface area contributed by atoms with Crippen LogP contribution in [-0.2, 0) is 12.0 Å². The van der Waals surface area contributed by atoms with Gasteiger partial charge in [0.05, 0.1) is 0 Å². The van der Waals surface area contributed by atoms with Crippen LogP contribution in [-0.4, -0.2) is 17.5 Å². The molecule has 2 atom stereocenters. The second kappa shape index (κ2) is 6.13. The number of hydrogen-bond acceptors (Lipinski definition) is 1. The molecule has 1 aliphatic carbocycles. The lowest BCUT2D eigenvalue weighted by Gasteiger charge is -2.40. The van der Waals surface area contributed by atoms with Crippen LogP contribution in [0.25, 0.3) is 0 Å². The van der Waals surface area contributed by atoms with Crippen molar-refractivity contribution in [2.24, 2.45) is 16.7 Å². The van der Waals surface area contributed by atoms with E-state index in [1.54, 1.807) is 0 Å². The predicted octanol–water partition coefficient (Wildman–Crippen LogP) is 6.35. The Bertz CT molecular complexity index is 689. The first-order chi connectivity index (χ1) is 11.8. The Morgan fingerprint density at radius 3 is 1.67 bits per heavy atom.